The molecule has 4 rings (SSSR count). The first-order valence-electron chi connectivity index (χ1n) is 10.9. The van der Waals surface area contributed by atoms with E-state index >= 15 is 0 Å². The average Bonchev–Trinajstić information content (AvgIpc) is 3.48. The van der Waals surface area contributed by atoms with Crippen LogP contribution in [0.25, 0.3) is 11.0 Å². The van der Waals surface area contributed by atoms with Gasteiger partial charge < -0.3 is 34.8 Å². The van der Waals surface area contributed by atoms with Crippen molar-refractivity contribution in [2.24, 2.45) is 0 Å². The van der Waals surface area contributed by atoms with E-state index in [4.69, 9.17) is 16.3 Å². The summed E-state index contributed by atoms with van der Waals surface area (Å²) in [5, 5.41) is 29.0. The third-order valence-corrected chi connectivity index (χ3v) is 10.8. The number of aliphatic hydroxyl groups excluding tert-OH is 2. The van der Waals surface area contributed by atoms with Crippen molar-refractivity contribution in [2.45, 2.75) is 61.3 Å². The van der Waals surface area contributed by atoms with Gasteiger partial charge >= 0.3 is 7.60 Å². The molecule has 5 N–H and O–H groups in total. The van der Waals surface area contributed by atoms with Gasteiger partial charge in [0.2, 0.25) is 5.28 Å². The number of fused-ring (bicyclic) bond motifs is 1. The van der Waals surface area contributed by atoms with Gasteiger partial charge in [0, 0.05) is 13.2 Å². The molecule has 1 saturated heterocycles. The van der Waals surface area contributed by atoms with Crippen LogP contribution in [0.1, 0.15) is 31.9 Å². The molecule has 0 amide bonds. The lowest BCUT2D eigenvalue weighted by Gasteiger charge is -2.21. The summed E-state index contributed by atoms with van der Waals surface area (Å²) in [7, 11) is -8.51. The van der Waals surface area contributed by atoms with Crippen LogP contribution in [0, 0.1) is 0 Å². The van der Waals surface area contributed by atoms with Crippen molar-refractivity contribution in [2.75, 3.05) is 24.8 Å². The van der Waals surface area contributed by atoms with E-state index in [1.165, 1.54) is 10.9 Å². The minimum atomic E-state index is -5.09. The molecule has 1 unspecified atom stereocenters. The second-order valence-corrected chi connectivity index (χ2v) is 13.4. The average molecular weight is 556 g/mol. The molecule has 0 radical (unpaired) electrons. The molecule has 0 aromatic carbocycles. The molecule has 2 aromatic heterocycles. The summed E-state index contributed by atoms with van der Waals surface area (Å²) in [5.74, 6) is -0.515. The lowest BCUT2D eigenvalue weighted by Crippen LogP contribution is -2.39. The van der Waals surface area contributed by atoms with E-state index in [-0.39, 0.29) is 17.0 Å². The van der Waals surface area contributed by atoms with Gasteiger partial charge in [0.25, 0.3) is 0 Å². The molecule has 2 fully saturated rings. The highest BCUT2D eigenvalue weighted by Gasteiger charge is 2.49. The molecule has 0 bridgehead atoms. The molecule has 2 aromatic rings. The Hall–Kier alpha value is -1.42. The van der Waals surface area contributed by atoms with Crippen LogP contribution in [0.5, 0.6) is 0 Å². The van der Waals surface area contributed by atoms with Gasteiger partial charge in [-0.2, -0.15) is 15.1 Å². The number of hydrogen-bond donors (Lipinski definition) is 5. The maximum absolute atomic E-state index is 12.7. The van der Waals surface area contributed by atoms with Crippen LogP contribution in [0.15, 0.2) is 6.20 Å². The first kappa shape index (κ1) is 26.6. The lowest BCUT2D eigenvalue weighted by molar-refractivity contribution is -0.0365. The first-order chi connectivity index (χ1) is 16.4. The molecule has 3 heterocycles. The second-order valence-electron chi connectivity index (χ2n) is 8.67. The van der Waals surface area contributed by atoms with E-state index < -0.39 is 59.3 Å². The van der Waals surface area contributed by atoms with Crippen molar-refractivity contribution in [3.8, 4) is 0 Å². The van der Waals surface area contributed by atoms with E-state index in [1.54, 1.807) is 0 Å². The highest BCUT2D eigenvalue weighted by atomic mass is 35.5. The van der Waals surface area contributed by atoms with Crippen LogP contribution in [-0.2, 0) is 23.9 Å². The number of sulfone groups is 1. The molecular weight excluding hydrogens is 529 g/mol. The van der Waals surface area contributed by atoms with Crippen LogP contribution in [0.4, 0.5) is 5.82 Å². The number of rotatable bonds is 9. The molecule has 5 atom stereocenters. The number of aromatic nitrogens is 4. The zero-order valence-corrected chi connectivity index (χ0v) is 21.1. The summed E-state index contributed by atoms with van der Waals surface area (Å²) in [5.41, 5.74) is 0.192. The van der Waals surface area contributed by atoms with Gasteiger partial charge in [-0.1, -0.05) is 12.8 Å². The molecule has 1 aliphatic heterocycles. The minimum absolute atomic E-state index is 0.0871. The Morgan fingerprint density at radius 2 is 1.97 bits per heavy atom. The number of ether oxygens (including phenoxy) is 2. The Labute approximate surface area is 205 Å². The van der Waals surface area contributed by atoms with Crippen molar-refractivity contribution in [1.82, 2.24) is 19.7 Å². The highest BCUT2D eigenvalue weighted by Crippen LogP contribution is 2.45. The number of halogens is 1. The lowest BCUT2D eigenvalue weighted by atomic mass is 10.1. The number of methoxy groups -OCH3 is 1. The van der Waals surface area contributed by atoms with Crippen LogP contribution >= 0.6 is 19.2 Å². The van der Waals surface area contributed by atoms with Gasteiger partial charge in [-0.3, -0.25) is 4.57 Å². The summed E-state index contributed by atoms with van der Waals surface area (Å²) >= 11 is 6.11. The van der Waals surface area contributed by atoms with Crippen LogP contribution in [0.3, 0.4) is 0 Å². The zero-order chi connectivity index (χ0) is 25.5. The van der Waals surface area contributed by atoms with Gasteiger partial charge in [-0.05, 0) is 24.4 Å². The zero-order valence-electron chi connectivity index (χ0n) is 18.6. The van der Waals surface area contributed by atoms with E-state index in [0.29, 0.717) is 11.2 Å². The number of nitrogens with zero attached hydrogens (tertiary/aromatic N) is 4. The summed E-state index contributed by atoms with van der Waals surface area (Å²) in [6.07, 6.45) is -0.574. The van der Waals surface area contributed by atoms with E-state index in [0.717, 1.165) is 32.8 Å². The van der Waals surface area contributed by atoms with E-state index in [9.17, 15) is 33.0 Å². The molecule has 14 nitrogen and oxygen atoms in total. The van der Waals surface area contributed by atoms with E-state index in [1.807, 2.05) is 0 Å². The predicted octanol–water partition coefficient (Wildman–Crippen LogP) is 0.0184. The summed E-state index contributed by atoms with van der Waals surface area (Å²) in [6.45, 7) is -0.753. The predicted molar refractivity (Wildman–Crippen MR) is 124 cm³/mol. The number of nitrogens with one attached hydrogen (secondary N) is 1. The minimum Gasteiger partial charge on any atom is -0.387 e. The van der Waals surface area contributed by atoms with Crippen molar-refractivity contribution in [3.63, 3.8) is 0 Å². The number of hydrogen-bond acceptors (Lipinski definition) is 11. The maximum Gasteiger partial charge on any atom is 0.345 e. The van der Waals surface area contributed by atoms with E-state index in [2.05, 4.69) is 25.1 Å². The largest absolute Gasteiger partial charge is 0.387 e. The van der Waals surface area contributed by atoms with Gasteiger partial charge in [0.05, 0.1) is 23.9 Å². The van der Waals surface area contributed by atoms with Crippen molar-refractivity contribution in [1.29, 1.82) is 0 Å². The molecule has 1 saturated carbocycles. The molecule has 2 aliphatic rings. The fourth-order valence-electron chi connectivity index (χ4n) is 4.42. The Kier molecular flexibility index (Phi) is 7.72. The smallest absolute Gasteiger partial charge is 0.345 e. The maximum atomic E-state index is 12.7. The number of aliphatic hydroxyl groups is 2. The summed E-state index contributed by atoms with van der Waals surface area (Å²) in [6, 6.07) is 0.214. The fourth-order valence-corrected chi connectivity index (χ4v) is 8.16. The molecule has 35 heavy (non-hydrogen) atoms. The van der Waals surface area contributed by atoms with Gasteiger partial charge in [-0.25, -0.2) is 13.1 Å². The first-order valence-corrected chi connectivity index (χ1v) is 14.6. The Morgan fingerprint density at radius 1 is 1.29 bits per heavy atom. The SMILES string of the molecule is COCC(P(=O)(O)O)S(=O)(=O)C[C@H]1O[C@@H](n2ncc3c(NC4CCCC4)nc(Cl)nc32)[C@H](O)[C@@H]1O. The monoisotopic (exact) mass is 555 g/mol. The second kappa shape index (κ2) is 10.1. The fraction of sp³-hybridized carbons (Fsp3) is 0.722. The summed E-state index contributed by atoms with van der Waals surface area (Å²) in [4.78, 5) is 25.2. The molecular formula is C18H27ClN5O9PS. The third-order valence-electron chi connectivity index (χ3n) is 6.20. The van der Waals surface area contributed by atoms with Crippen molar-refractivity contribution < 1.29 is 42.5 Å². The number of anilines is 1. The van der Waals surface area contributed by atoms with Crippen molar-refractivity contribution >= 4 is 45.9 Å². The standard InChI is InChI=1S/C18H27ClN5O9PS/c1-32-7-12(34(27,28)29)35(30,31)8-11-13(25)14(26)17(33-11)24-16-10(6-20-24)15(22-18(19)23-16)21-9-4-2-3-5-9/h6,9,11-14,17,25-26H,2-5,7-8H2,1H3,(H,21,22,23)(H2,27,28,29)/t11-,12?,13-,14-,17-/m1/s1. The van der Waals surface area contributed by atoms with Crippen LogP contribution < -0.4 is 5.32 Å². The third kappa shape index (κ3) is 5.48. The Balaban J connectivity index is 1.60. The van der Waals surface area contributed by atoms with Crippen LogP contribution in [0.2, 0.25) is 5.28 Å². The quantitative estimate of drug-likeness (QED) is 0.204. The van der Waals surface area contributed by atoms with Crippen LogP contribution in [-0.4, -0.2) is 97.0 Å². The molecule has 17 heteroatoms. The van der Waals surface area contributed by atoms with Gasteiger partial charge in [0.1, 0.15) is 24.1 Å². The van der Waals surface area contributed by atoms with Gasteiger partial charge in [-0.15, -0.1) is 0 Å². The molecule has 1 aliphatic carbocycles. The normalized spacial score (nSPS) is 27.0. The van der Waals surface area contributed by atoms with Gasteiger partial charge in [0.15, 0.2) is 26.7 Å². The highest BCUT2D eigenvalue weighted by molar-refractivity contribution is 7.98. The molecule has 0 spiro atoms. The Morgan fingerprint density at radius 3 is 2.60 bits per heavy atom. The summed E-state index contributed by atoms with van der Waals surface area (Å²) < 4.78 is 48.6. The van der Waals surface area contributed by atoms with Crippen molar-refractivity contribution in [3.05, 3.63) is 11.5 Å². The topological polar surface area (TPSA) is 206 Å². The Bertz CT molecular complexity index is 1220. The molecule has 196 valence electrons.